The molecule has 3 aromatic rings. The van der Waals surface area contributed by atoms with Crippen LogP contribution in [0, 0.1) is 5.82 Å². The highest BCUT2D eigenvalue weighted by Gasteiger charge is 2.13. The van der Waals surface area contributed by atoms with Crippen LogP contribution in [0.1, 0.15) is 12.0 Å². The van der Waals surface area contributed by atoms with Crippen LogP contribution >= 0.6 is 11.3 Å². The van der Waals surface area contributed by atoms with E-state index in [1.807, 2.05) is 11.4 Å². The van der Waals surface area contributed by atoms with Crippen molar-refractivity contribution in [1.29, 1.82) is 0 Å². The molecule has 8 heteroatoms. The first-order chi connectivity index (χ1) is 11.6. The first-order valence-corrected chi connectivity index (χ1v) is 8.02. The maximum absolute atomic E-state index is 13.4. The maximum atomic E-state index is 13.4. The number of nitrogens with zero attached hydrogens (tertiary/aromatic N) is 2. The van der Waals surface area contributed by atoms with Crippen LogP contribution in [0.4, 0.5) is 4.39 Å². The molecule has 2 heterocycles. The number of ether oxygens (including phenoxy) is 1. The van der Waals surface area contributed by atoms with Crippen molar-refractivity contribution in [3.8, 4) is 10.8 Å². The maximum Gasteiger partial charge on any atom is 0.437 e. The van der Waals surface area contributed by atoms with Crippen molar-refractivity contribution in [2.75, 3.05) is 0 Å². The Morgan fingerprint density at radius 1 is 1.29 bits per heavy atom. The Hall–Kier alpha value is -2.74. The predicted molar refractivity (Wildman–Crippen MR) is 84.9 cm³/mol. The average Bonchev–Trinajstić information content (AvgIpc) is 3.22. The lowest BCUT2D eigenvalue weighted by Crippen LogP contribution is -2.19. The van der Waals surface area contributed by atoms with Gasteiger partial charge in [-0.05, 0) is 17.5 Å². The van der Waals surface area contributed by atoms with Crippen molar-refractivity contribution in [2.45, 2.75) is 19.6 Å². The summed E-state index contributed by atoms with van der Waals surface area (Å²) >= 11 is 1.39. The molecular weight excluding hydrogens is 335 g/mol. The van der Waals surface area contributed by atoms with Crippen LogP contribution in [0.15, 0.2) is 51.0 Å². The van der Waals surface area contributed by atoms with E-state index < -0.39 is 17.5 Å². The second kappa shape index (κ2) is 7.22. The third-order valence-electron chi connectivity index (χ3n) is 3.21. The van der Waals surface area contributed by atoms with Crippen molar-refractivity contribution in [2.24, 2.45) is 0 Å². The molecule has 0 aliphatic rings. The number of esters is 1. The van der Waals surface area contributed by atoms with E-state index in [-0.39, 0.29) is 25.5 Å². The molecule has 1 aromatic carbocycles. The first-order valence-electron chi connectivity index (χ1n) is 7.14. The molecular formula is C16H13FN2O4S. The average molecular weight is 348 g/mol. The zero-order valence-electron chi connectivity index (χ0n) is 12.5. The molecule has 0 radical (unpaired) electrons. The van der Waals surface area contributed by atoms with Crippen molar-refractivity contribution >= 4 is 17.3 Å². The second-order valence-electron chi connectivity index (χ2n) is 4.88. The lowest BCUT2D eigenvalue weighted by Gasteiger charge is -2.05. The molecule has 0 aliphatic carbocycles. The van der Waals surface area contributed by atoms with E-state index in [0.29, 0.717) is 5.56 Å². The molecule has 3 rings (SSSR count). The zero-order chi connectivity index (χ0) is 16.9. The fourth-order valence-corrected chi connectivity index (χ4v) is 2.63. The normalized spacial score (nSPS) is 10.7. The fraction of sp³-hybridized carbons (Fsp3) is 0.188. The molecule has 0 amide bonds. The van der Waals surface area contributed by atoms with Crippen LogP contribution in [-0.2, 0) is 22.7 Å². The summed E-state index contributed by atoms with van der Waals surface area (Å²) in [6, 6.07) is 9.65. The number of benzene rings is 1. The molecule has 0 fully saturated rings. The number of carbonyl (C=O) groups excluding carboxylic acids is 1. The minimum Gasteiger partial charge on any atom is -0.461 e. The SMILES string of the molecule is O=C(CCn1nc(-c2cccs2)oc1=O)OCc1ccccc1F. The number of hydrogen-bond acceptors (Lipinski definition) is 6. The van der Waals surface area contributed by atoms with Crippen molar-refractivity contribution in [3.05, 3.63) is 63.7 Å². The van der Waals surface area contributed by atoms with E-state index in [1.54, 1.807) is 18.2 Å². The number of rotatable bonds is 6. The third kappa shape index (κ3) is 3.77. The Morgan fingerprint density at radius 3 is 2.88 bits per heavy atom. The van der Waals surface area contributed by atoms with E-state index in [2.05, 4.69) is 5.10 Å². The Balaban J connectivity index is 1.55. The summed E-state index contributed by atoms with van der Waals surface area (Å²) in [5.74, 6) is -1.40. The summed E-state index contributed by atoms with van der Waals surface area (Å²) in [4.78, 5) is 24.2. The molecule has 0 aliphatic heterocycles. The first kappa shape index (κ1) is 16.1. The van der Waals surface area contributed by atoms with Gasteiger partial charge < -0.3 is 9.15 Å². The number of hydrogen-bond donors (Lipinski definition) is 0. The van der Waals surface area contributed by atoms with E-state index in [9.17, 15) is 14.0 Å². The molecule has 2 aromatic heterocycles. The predicted octanol–water partition coefficient (Wildman–Crippen LogP) is 2.84. The van der Waals surface area contributed by atoms with E-state index in [4.69, 9.17) is 9.15 Å². The smallest absolute Gasteiger partial charge is 0.437 e. The van der Waals surface area contributed by atoms with Crippen LogP contribution in [0.25, 0.3) is 10.8 Å². The van der Waals surface area contributed by atoms with Crippen LogP contribution in [0.5, 0.6) is 0 Å². The summed E-state index contributed by atoms with van der Waals surface area (Å²) in [7, 11) is 0. The standard InChI is InChI=1S/C16H13FN2O4S/c17-12-5-2-1-4-11(12)10-22-14(20)7-8-19-16(21)23-15(18-19)13-6-3-9-24-13/h1-6,9H,7-8,10H2. The topological polar surface area (TPSA) is 74.3 Å². The zero-order valence-corrected chi connectivity index (χ0v) is 13.3. The summed E-state index contributed by atoms with van der Waals surface area (Å²) in [6.07, 6.45) is -0.0647. The molecule has 0 N–H and O–H groups in total. The van der Waals surface area contributed by atoms with Gasteiger partial charge >= 0.3 is 11.7 Å². The molecule has 0 saturated carbocycles. The van der Waals surface area contributed by atoms with Gasteiger partial charge in [-0.3, -0.25) is 4.79 Å². The number of carbonyl (C=O) groups is 1. The molecule has 0 atom stereocenters. The van der Waals surface area contributed by atoms with Gasteiger partial charge in [0.25, 0.3) is 5.89 Å². The van der Waals surface area contributed by atoms with Crippen molar-refractivity contribution in [1.82, 2.24) is 9.78 Å². The van der Waals surface area contributed by atoms with Gasteiger partial charge in [-0.15, -0.1) is 16.4 Å². The lowest BCUT2D eigenvalue weighted by atomic mass is 10.2. The van der Waals surface area contributed by atoms with Gasteiger partial charge in [0.1, 0.15) is 12.4 Å². The van der Waals surface area contributed by atoms with E-state index in [0.717, 1.165) is 9.56 Å². The highest BCUT2D eigenvalue weighted by atomic mass is 32.1. The Kier molecular flexibility index (Phi) is 4.85. The van der Waals surface area contributed by atoms with Crippen molar-refractivity contribution < 1.29 is 18.3 Å². The third-order valence-corrected chi connectivity index (χ3v) is 4.07. The quantitative estimate of drug-likeness (QED) is 0.641. The van der Waals surface area contributed by atoms with Gasteiger partial charge in [-0.25, -0.2) is 9.18 Å². The summed E-state index contributed by atoms with van der Waals surface area (Å²) in [5, 5.41) is 5.88. The fourth-order valence-electron chi connectivity index (χ4n) is 1.99. The lowest BCUT2D eigenvalue weighted by molar-refractivity contribution is -0.145. The van der Waals surface area contributed by atoms with E-state index in [1.165, 1.54) is 23.5 Å². The molecule has 0 spiro atoms. The van der Waals surface area contributed by atoms with Gasteiger partial charge in [0.05, 0.1) is 17.8 Å². The summed E-state index contributed by atoms with van der Waals surface area (Å²) < 4.78 is 24.5. The summed E-state index contributed by atoms with van der Waals surface area (Å²) in [5.41, 5.74) is 0.296. The van der Waals surface area contributed by atoms with E-state index >= 15 is 0 Å². The Bertz CT molecular complexity index is 886. The molecule has 0 saturated heterocycles. The minimum atomic E-state index is -0.639. The van der Waals surface area contributed by atoms with Gasteiger partial charge in [0.15, 0.2) is 0 Å². The van der Waals surface area contributed by atoms with Gasteiger partial charge in [-0.1, -0.05) is 24.3 Å². The van der Waals surface area contributed by atoms with Crippen LogP contribution in [-0.4, -0.2) is 15.7 Å². The monoisotopic (exact) mass is 348 g/mol. The minimum absolute atomic E-state index is 0.0316. The highest BCUT2D eigenvalue weighted by molar-refractivity contribution is 7.13. The van der Waals surface area contributed by atoms with Crippen LogP contribution < -0.4 is 5.76 Å². The van der Waals surface area contributed by atoms with Gasteiger partial charge in [0.2, 0.25) is 0 Å². The second-order valence-corrected chi connectivity index (χ2v) is 5.82. The Morgan fingerprint density at radius 2 is 2.12 bits per heavy atom. The molecule has 0 bridgehead atoms. The number of thiophene rings is 1. The molecule has 124 valence electrons. The number of aromatic nitrogens is 2. The van der Waals surface area contributed by atoms with Crippen LogP contribution in [0.2, 0.25) is 0 Å². The summed E-state index contributed by atoms with van der Waals surface area (Å²) in [6.45, 7) is -0.122. The largest absolute Gasteiger partial charge is 0.461 e. The highest BCUT2D eigenvalue weighted by Crippen LogP contribution is 2.21. The molecule has 6 nitrogen and oxygen atoms in total. The van der Waals surface area contributed by atoms with Crippen LogP contribution in [0.3, 0.4) is 0 Å². The number of aryl methyl sites for hydroxylation is 1. The molecule has 0 unspecified atom stereocenters. The van der Waals surface area contributed by atoms with Gasteiger partial charge in [0, 0.05) is 5.56 Å². The molecule has 24 heavy (non-hydrogen) atoms. The number of halogens is 1. The Labute approximate surface area is 140 Å². The van der Waals surface area contributed by atoms with Gasteiger partial charge in [-0.2, -0.15) is 4.68 Å². The van der Waals surface area contributed by atoms with Crippen molar-refractivity contribution in [3.63, 3.8) is 0 Å².